The van der Waals surface area contributed by atoms with E-state index in [1.54, 1.807) is 0 Å². The second kappa shape index (κ2) is 6.71. The molecular formula is C13H19Br2ClN2. The molecule has 18 heavy (non-hydrogen) atoms. The molecule has 1 fully saturated rings. The maximum absolute atomic E-state index is 5.83. The van der Waals surface area contributed by atoms with Gasteiger partial charge in [-0.25, -0.2) is 0 Å². The van der Waals surface area contributed by atoms with E-state index in [0.29, 0.717) is 5.41 Å². The summed E-state index contributed by atoms with van der Waals surface area (Å²) in [6, 6.07) is 6.45. The van der Waals surface area contributed by atoms with Crippen molar-refractivity contribution in [2.75, 3.05) is 19.6 Å². The van der Waals surface area contributed by atoms with Crippen LogP contribution in [-0.2, 0) is 6.54 Å². The van der Waals surface area contributed by atoms with Crippen LogP contribution in [0.1, 0.15) is 18.9 Å². The lowest BCUT2D eigenvalue weighted by Gasteiger charge is -2.22. The van der Waals surface area contributed by atoms with Crippen LogP contribution in [-0.4, -0.2) is 24.5 Å². The second-order valence-corrected chi connectivity index (χ2v) is 6.93. The average Bonchev–Trinajstić information content (AvgIpc) is 2.67. The van der Waals surface area contributed by atoms with E-state index < -0.39 is 0 Å². The summed E-state index contributed by atoms with van der Waals surface area (Å²) in [6.45, 7) is 6.35. The Labute approximate surface area is 132 Å². The largest absolute Gasteiger partial charge is 0.330 e. The summed E-state index contributed by atoms with van der Waals surface area (Å²) in [5, 5.41) is 0. The molecule has 0 saturated carbocycles. The van der Waals surface area contributed by atoms with Crippen molar-refractivity contribution >= 4 is 44.3 Å². The summed E-state index contributed by atoms with van der Waals surface area (Å²) >= 11 is 7.04. The summed E-state index contributed by atoms with van der Waals surface area (Å²) in [4.78, 5) is 2.49. The van der Waals surface area contributed by atoms with Gasteiger partial charge in [0.15, 0.2) is 0 Å². The molecule has 0 bridgehead atoms. The van der Waals surface area contributed by atoms with E-state index in [0.717, 1.165) is 35.1 Å². The minimum absolute atomic E-state index is 0. The minimum atomic E-state index is 0. The van der Waals surface area contributed by atoms with Crippen molar-refractivity contribution in [1.82, 2.24) is 4.90 Å². The predicted molar refractivity (Wildman–Crippen MR) is 86.1 cm³/mol. The van der Waals surface area contributed by atoms with Gasteiger partial charge in [-0.2, -0.15) is 0 Å². The lowest BCUT2D eigenvalue weighted by atomic mass is 9.90. The van der Waals surface area contributed by atoms with Crippen LogP contribution in [0.5, 0.6) is 0 Å². The molecule has 0 amide bonds. The van der Waals surface area contributed by atoms with Gasteiger partial charge in [0.1, 0.15) is 0 Å². The molecule has 1 atom stereocenters. The van der Waals surface area contributed by atoms with Crippen LogP contribution in [0.3, 0.4) is 0 Å². The third kappa shape index (κ3) is 3.94. The fourth-order valence-electron chi connectivity index (χ4n) is 2.32. The Morgan fingerprint density at radius 2 is 2.06 bits per heavy atom. The molecule has 1 unspecified atom stereocenters. The molecular weight excluding hydrogens is 379 g/mol. The van der Waals surface area contributed by atoms with Gasteiger partial charge in [-0.1, -0.05) is 13.0 Å². The van der Waals surface area contributed by atoms with Crippen LogP contribution in [0.2, 0.25) is 0 Å². The van der Waals surface area contributed by atoms with Gasteiger partial charge in [0, 0.05) is 22.0 Å². The smallest absolute Gasteiger partial charge is 0.0320 e. The van der Waals surface area contributed by atoms with Crippen molar-refractivity contribution < 1.29 is 0 Å². The Balaban J connectivity index is 0.00000162. The summed E-state index contributed by atoms with van der Waals surface area (Å²) in [7, 11) is 0. The molecule has 1 aliphatic rings. The Morgan fingerprint density at radius 1 is 1.33 bits per heavy atom. The lowest BCUT2D eigenvalue weighted by molar-refractivity contribution is 0.274. The number of likely N-dealkylation sites (tertiary alicyclic amines) is 1. The molecule has 1 aromatic carbocycles. The first-order valence-electron chi connectivity index (χ1n) is 5.89. The third-order valence-electron chi connectivity index (χ3n) is 3.52. The molecule has 2 rings (SSSR count). The average molecular weight is 399 g/mol. The van der Waals surface area contributed by atoms with Crippen LogP contribution in [0.4, 0.5) is 0 Å². The molecule has 5 heteroatoms. The minimum Gasteiger partial charge on any atom is -0.330 e. The van der Waals surface area contributed by atoms with Crippen LogP contribution in [0.15, 0.2) is 27.1 Å². The fraction of sp³-hybridized carbons (Fsp3) is 0.538. The first-order chi connectivity index (χ1) is 8.02. The van der Waals surface area contributed by atoms with Crippen molar-refractivity contribution in [3.63, 3.8) is 0 Å². The zero-order valence-corrected chi connectivity index (χ0v) is 14.4. The topological polar surface area (TPSA) is 29.3 Å². The van der Waals surface area contributed by atoms with E-state index >= 15 is 0 Å². The maximum atomic E-state index is 5.83. The van der Waals surface area contributed by atoms with Crippen LogP contribution in [0.25, 0.3) is 0 Å². The highest BCUT2D eigenvalue weighted by molar-refractivity contribution is 9.13. The molecule has 1 aliphatic heterocycles. The molecule has 0 spiro atoms. The first-order valence-corrected chi connectivity index (χ1v) is 7.47. The third-order valence-corrected chi connectivity index (χ3v) is 5.40. The summed E-state index contributed by atoms with van der Waals surface area (Å²) in [5.41, 5.74) is 7.49. The number of hydrogen-bond acceptors (Lipinski definition) is 2. The molecule has 2 nitrogen and oxygen atoms in total. The molecule has 0 aromatic heterocycles. The van der Waals surface area contributed by atoms with Gasteiger partial charge in [0.25, 0.3) is 0 Å². The van der Waals surface area contributed by atoms with Gasteiger partial charge in [-0.3, -0.25) is 4.90 Å². The lowest BCUT2D eigenvalue weighted by Crippen LogP contribution is -2.31. The Kier molecular flexibility index (Phi) is 6.13. The molecule has 102 valence electrons. The van der Waals surface area contributed by atoms with Gasteiger partial charge in [0.2, 0.25) is 0 Å². The van der Waals surface area contributed by atoms with E-state index in [4.69, 9.17) is 5.73 Å². The monoisotopic (exact) mass is 396 g/mol. The van der Waals surface area contributed by atoms with Gasteiger partial charge < -0.3 is 5.73 Å². The standard InChI is InChI=1S/C13H18Br2N2.ClH/c1-13(8-16)4-5-17(9-13)7-10-2-3-11(14)12(15)6-10;/h2-3,6H,4-5,7-9,16H2,1H3;1H. The van der Waals surface area contributed by atoms with Crippen LogP contribution < -0.4 is 5.73 Å². The van der Waals surface area contributed by atoms with E-state index in [9.17, 15) is 0 Å². The van der Waals surface area contributed by atoms with Crippen LogP contribution >= 0.6 is 44.3 Å². The number of nitrogens with two attached hydrogens (primary N) is 1. The van der Waals surface area contributed by atoms with E-state index in [2.05, 4.69) is 61.9 Å². The van der Waals surface area contributed by atoms with E-state index in [-0.39, 0.29) is 12.4 Å². The zero-order chi connectivity index (χ0) is 12.5. The Morgan fingerprint density at radius 3 is 2.61 bits per heavy atom. The molecule has 1 heterocycles. The molecule has 0 radical (unpaired) electrons. The van der Waals surface area contributed by atoms with Gasteiger partial charge in [-0.05, 0) is 74.5 Å². The highest BCUT2D eigenvalue weighted by atomic mass is 79.9. The summed E-state index contributed by atoms with van der Waals surface area (Å²) in [6.07, 6.45) is 1.21. The molecule has 0 aliphatic carbocycles. The Bertz CT molecular complexity index is 414. The van der Waals surface area contributed by atoms with Crippen molar-refractivity contribution in [3.8, 4) is 0 Å². The normalized spacial score (nSPS) is 24.0. The van der Waals surface area contributed by atoms with Gasteiger partial charge in [0.05, 0.1) is 0 Å². The van der Waals surface area contributed by atoms with Gasteiger partial charge >= 0.3 is 0 Å². The van der Waals surface area contributed by atoms with Gasteiger partial charge in [-0.15, -0.1) is 12.4 Å². The quantitative estimate of drug-likeness (QED) is 0.839. The zero-order valence-electron chi connectivity index (χ0n) is 10.5. The molecule has 1 saturated heterocycles. The van der Waals surface area contributed by atoms with Crippen molar-refractivity contribution in [2.45, 2.75) is 19.9 Å². The second-order valence-electron chi connectivity index (χ2n) is 5.22. The van der Waals surface area contributed by atoms with Crippen molar-refractivity contribution in [2.24, 2.45) is 11.1 Å². The fourth-order valence-corrected chi connectivity index (χ4v) is 3.00. The summed E-state index contributed by atoms with van der Waals surface area (Å²) in [5.74, 6) is 0. The predicted octanol–water partition coefficient (Wildman–Crippen LogP) is 3.80. The Hall–Kier alpha value is 0.390. The summed E-state index contributed by atoms with van der Waals surface area (Å²) < 4.78 is 2.23. The molecule has 1 aromatic rings. The van der Waals surface area contributed by atoms with E-state index in [1.165, 1.54) is 12.0 Å². The van der Waals surface area contributed by atoms with Crippen molar-refractivity contribution in [3.05, 3.63) is 32.7 Å². The number of benzene rings is 1. The number of hydrogen-bond donors (Lipinski definition) is 1. The van der Waals surface area contributed by atoms with Crippen LogP contribution in [0, 0.1) is 5.41 Å². The number of rotatable bonds is 3. The maximum Gasteiger partial charge on any atom is 0.0320 e. The molecule has 2 N–H and O–H groups in total. The number of nitrogens with zero attached hydrogens (tertiary/aromatic N) is 1. The first kappa shape index (κ1) is 16.4. The SMILES string of the molecule is CC1(CN)CCN(Cc2ccc(Br)c(Br)c2)C1.Cl. The van der Waals surface area contributed by atoms with Crippen molar-refractivity contribution in [1.29, 1.82) is 0 Å². The number of halogens is 3. The highest BCUT2D eigenvalue weighted by Crippen LogP contribution is 2.30. The van der Waals surface area contributed by atoms with E-state index in [1.807, 2.05) is 0 Å². The highest BCUT2D eigenvalue weighted by Gasteiger charge is 2.32.